The highest BCUT2D eigenvalue weighted by atomic mass is 127. The summed E-state index contributed by atoms with van der Waals surface area (Å²) in [5.74, 6) is 0.311. The summed E-state index contributed by atoms with van der Waals surface area (Å²) >= 11 is 12.0. The van der Waals surface area contributed by atoms with Gasteiger partial charge in [0.05, 0.1) is 32.6 Å². The fourth-order valence-electron chi connectivity index (χ4n) is 2.99. The first-order valence-electron chi connectivity index (χ1n) is 7.87. The van der Waals surface area contributed by atoms with E-state index in [1.165, 1.54) is 4.88 Å². The van der Waals surface area contributed by atoms with Gasteiger partial charge >= 0.3 is 0 Å². The number of halogens is 2. The van der Waals surface area contributed by atoms with E-state index in [2.05, 4.69) is 37.9 Å². The molecule has 25 heavy (non-hydrogen) atoms. The van der Waals surface area contributed by atoms with Gasteiger partial charge in [0.25, 0.3) is 0 Å². The number of pyridine rings is 1. The molecule has 1 saturated heterocycles. The number of ether oxygens (including phenoxy) is 1. The van der Waals surface area contributed by atoms with Crippen LogP contribution in [0.15, 0.2) is 17.6 Å². The Bertz CT molecular complexity index is 886. The molecular formula is C16H16ClIN4OS2. The van der Waals surface area contributed by atoms with Crippen molar-refractivity contribution in [2.24, 2.45) is 5.73 Å². The van der Waals surface area contributed by atoms with Crippen molar-refractivity contribution in [2.75, 3.05) is 18.5 Å². The normalized spacial score (nSPS) is 20.9. The van der Waals surface area contributed by atoms with E-state index in [0.29, 0.717) is 24.2 Å². The Labute approximate surface area is 172 Å². The maximum atomic E-state index is 6.30. The summed E-state index contributed by atoms with van der Waals surface area (Å²) in [6.07, 6.45) is 2.76. The van der Waals surface area contributed by atoms with Gasteiger partial charge in [0, 0.05) is 41.1 Å². The second-order valence-electron chi connectivity index (χ2n) is 5.86. The van der Waals surface area contributed by atoms with Crippen LogP contribution in [-0.2, 0) is 11.3 Å². The van der Waals surface area contributed by atoms with Crippen LogP contribution in [0.4, 0.5) is 5.69 Å². The Balaban J connectivity index is 1.72. The molecule has 2 atom stereocenters. The largest absolute Gasteiger partial charge is 0.380 e. The average Bonchev–Trinajstić information content (AvgIpc) is 3.22. The first-order chi connectivity index (χ1) is 12.1. The van der Waals surface area contributed by atoms with Gasteiger partial charge in [-0.15, -0.1) is 22.7 Å². The molecular weight excluding hydrogens is 491 g/mol. The van der Waals surface area contributed by atoms with Crippen LogP contribution >= 0.6 is 56.9 Å². The number of nitrogens with two attached hydrogens (primary N) is 1. The molecule has 9 heteroatoms. The van der Waals surface area contributed by atoms with Crippen molar-refractivity contribution in [3.05, 3.63) is 36.3 Å². The molecule has 0 bridgehead atoms. The van der Waals surface area contributed by atoms with Crippen molar-refractivity contribution in [1.82, 2.24) is 9.97 Å². The number of anilines is 1. The van der Waals surface area contributed by atoms with Crippen molar-refractivity contribution in [2.45, 2.75) is 24.9 Å². The van der Waals surface area contributed by atoms with Crippen LogP contribution in [0.3, 0.4) is 0 Å². The second kappa shape index (κ2) is 7.61. The molecule has 4 rings (SSSR count). The van der Waals surface area contributed by atoms with Gasteiger partial charge in [0.2, 0.25) is 0 Å². The van der Waals surface area contributed by atoms with E-state index >= 15 is 0 Å². The Morgan fingerprint density at radius 2 is 2.36 bits per heavy atom. The molecule has 3 aromatic heterocycles. The molecule has 0 unspecified atom stereocenters. The number of hydrogen-bond acceptors (Lipinski definition) is 7. The van der Waals surface area contributed by atoms with Crippen molar-refractivity contribution < 1.29 is 4.74 Å². The number of hydrogen-bond donors (Lipinski definition) is 2. The quantitative estimate of drug-likeness (QED) is 0.404. The van der Waals surface area contributed by atoms with Crippen molar-refractivity contribution >= 4 is 72.8 Å². The van der Waals surface area contributed by atoms with E-state index in [0.717, 1.165) is 37.5 Å². The third kappa shape index (κ3) is 3.65. The predicted molar refractivity (Wildman–Crippen MR) is 113 cm³/mol. The minimum atomic E-state index is 0.0255. The number of rotatable bonds is 4. The summed E-state index contributed by atoms with van der Waals surface area (Å²) in [6.45, 7) is 2.04. The number of aromatic nitrogens is 2. The van der Waals surface area contributed by atoms with Gasteiger partial charge in [-0.05, 0) is 29.0 Å². The van der Waals surface area contributed by atoms with Gasteiger partial charge in [0.15, 0.2) is 0 Å². The van der Waals surface area contributed by atoms with Gasteiger partial charge in [-0.25, -0.2) is 9.97 Å². The minimum Gasteiger partial charge on any atom is -0.380 e. The number of nitrogens with one attached hydrogen (secondary N) is 1. The standard InChI is InChI=1S/C16H16ClIN4OS2/c17-11-5-10(21-6-12-20-2-4-24-12)16-14(22-11)13(18)15(25-16)8-1-3-23-7-9(8)19/h2,4-5,8-9H,1,3,6-7,19H2,(H,21,22)/t8-,9-/m0/s1. The predicted octanol–water partition coefficient (Wildman–Crippen LogP) is 4.45. The maximum absolute atomic E-state index is 6.30. The third-order valence-corrected chi connectivity index (χ3v) is 8.00. The van der Waals surface area contributed by atoms with Crippen molar-refractivity contribution in [1.29, 1.82) is 0 Å². The van der Waals surface area contributed by atoms with Crippen LogP contribution in [0.1, 0.15) is 22.2 Å². The van der Waals surface area contributed by atoms with Gasteiger partial charge in [-0.2, -0.15) is 0 Å². The zero-order valence-corrected chi connectivity index (χ0v) is 17.7. The van der Waals surface area contributed by atoms with E-state index in [9.17, 15) is 0 Å². The van der Waals surface area contributed by atoms with E-state index in [-0.39, 0.29) is 6.04 Å². The van der Waals surface area contributed by atoms with Gasteiger partial charge < -0.3 is 15.8 Å². The topological polar surface area (TPSA) is 73.1 Å². The van der Waals surface area contributed by atoms with Crippen LogP contribution < -0.4 is 11.1 Å². The molecule has 0 spiro atoms. The molecule has 0 radical (unpaired) electrons. The Kier molecular flexibility index (Phi) is 5.44. The third-order valence-electron chi connectivity index (χ3n) is 4.23. The number of thiazole rings is 1. The van der Waals surface area contributed by atoms with Crippen molar-refractivity contribution in [3.63, 3.8) is 0 Å². The molecule has 0 saturated carbocycles. The fourth-order valence-corrected chi connectivity index (χ4v) is 6.38. The van der Waals surface area contributed by atoms with Gasteiger partial charge in [-0.1, -0.05) is 11.6 Å². The molecule has 0 aliphatic carbocycles. The fraction of sp³-hybridized carbons (Fsp3) is 0.375. The van der Waals surface area contributed by atoms with E-state index in [1.54, 1.807) is 22.7 Å². The maximum Gasteiger partial charge on any atom is 0.131 e. The number of fused-ring (bicyclic) bond motifs is 1. The van der Waals surface area contributed by atoms with Gasteiger partial charge in [0.1, 0.15) is 10.2 Å². The van der Waals surface area contributed by atoms with Crippen LogP contribution in [0, 0.1) is 3.57 Å². The molecule has 1 aliphatic heterocycles. The molecule has 1 aliphatic rings. The molecule has 4 heterocycles. The highest BCUT2D eigenvalue weighted by molar-refractivity contribution is 14.1. The smallest absolute Gasteiger partial charge is 0.131 e. The molecule has 5 nitrogen and oxygen atoms in total. The summed E-state index contributed by atoms with van der Waals surface area (Å²) in [7, 11) is 0. The molecule has 1 fully saturated rings. The molecule has 3 N–H and O–H groups in total. The number of nitrogens with zero attached hydrogens (tertiary/aromatic N) is 2. The summed E-state index contributed by atoms with van der Waals surface area (Å²) < 4.78 is 7.77. The zero-order valence-electron chi connectivity index (χ0n) is 13.2. The first kappa shape index (κ1) is 17.9. The molecule has 3 aromatic rings. The van der Waals surface area contributed by atoms with E-state index < -0.39 is 0 Å². The second-order valence-corrected chi connectivity index (χ2v) is 9.36. The SMILES string of the molecule is N[C@H]1COCC[C@@H]1c1sc2c(NCc3nccs3)cc(Cl)nc2c1I. The minimum absolute atomic E-state index is 0.0255. The first-order valence-corrected chi connectivity index (χ1v) is 11.0. The highest BCUT2D eigenvalue weighted by Crippen LogP contribution is 2.43. The monoisotopic (exact) mass is 506 g/mol. The highest BCUT2D eigenvalue weighted by Gasteiger charge is 2.29. The van der Waals surface area contributed by atoms with Crippen LogP contribution in [0.25, 0.3) is 10.2 Å². The van der Waals surface area contributed by atoms with Crippen LogP contribution in [-0.4, -0.2) is 29.2 Å². The summed E-state index contributed by atoms with van der Waals surface area (Å²) in [5, 5.41) is 6.97. The Morgan fingerprint density at radius 3 is 3.12 bits per heavy atom. The summed E-state index contributed by atoms with van der Waals surface area (Å²) in [4.78, 5) is 10.2. The lowest BCUT2D eigenvalue weighted by Gasteiger charge is -2.28. The Hall–Kier alpha value is -0.520. The number of thiophene rings is 1. The lowest BCUT2D eigenvalue weighted by atomic mass is 9.94. The molecule has 0 aromatic carbocycles. The lowest BCUT2D eigenvalue weighted by molar-refractivity contribution is 0.0702. The average molecular weight is 507 g/mol. The van der Waals surface area contributed by atoms with Crippen molar-refractivity contribution in [3.8, 4) is 0 Å². The van der Waals surface area contributed by atoms with Crippen LogP contribution in [0.2, 0.25) is 5.15 Å². The lowest BCUT2D eigenvalue weighted by Crippen LogP contribution is -2.37. The molecule has 132 valence electrons. The van der Waals surface area contributed by atoms with Crippen LogP contribution in [0.5, 0.6) is 0 Å². The molecule has 0 amide bonds. The van der Waals surface area contributed by atoms with E-state index in [1.807, 2.05) is 17.6 Å². The Morgan fingerprint density at radius 1 is 1.48 bits per heavy atom. The zero-order chi connectivity index (χ0) is 17.4. The summed E-state index contributed by atoms with van der Waals surface area (Å²) in [6, 6.07) is 1.91. The van der Waals surface area contributed by atoms with Gasteiger partial charge in [-0.3, -0.25) is 0 Å². The van der Waals surface area contributed by atoms with E-state index in [4.69, 9.17) is 22.1 Å². The summed E-state index contributed by atoms with van der Waals surface area (Å²) in [5.41, 5.74) is 8.25.